The lowest BCUT2D eigenvalue weighted by molar-refractivity contribution is -0.136. The van der Waals surface area contributed by atoms with Gasteiger partial charge in [-0.25, -0.2) is 0 Å². The Morgan fingerprint density at radius 1 is 1.00 bits per heavy atom. The summed E-state index contributed by atoms with van der Waals surface area (Å²) >= 11 is 0. The van der Waals surface area contributed by atoms with E-state index in [1.165, 1.54) is 0 Å². The summed E-state index contributed by atoms with van der Waals surface area (Å²) in [6, 6.07) is 0. The molecule has 0 bridgehead atoms. The minimum atomic E-state index is 0.124. The van der Waals surface area contributed by atoms with Gasteiger partial charge in [-0.05, 0) is 25.8 Å². The smallest absolute Gasteiger partial charge is 0.236 e. The largest absolute Gasteiger partial charge is 0.342 e. The lowest BCUT2D eigenvalue weighted by atomic mass is 9.99. The molecular formula is C15H28N4O2. The van der Waals surface area contributed by atoms with E-state index in [2.05, 4.69) is 12.2 Å². The van der Waals surface area contributed by atoms with Crippen LogP contribution < -0.4 is 5.32 Å². The third-order valence-electron chi connectivity index (χ3n) is 4.42. The van der Waals surface area contributed by atoms with Crippen LogP contribution in [0.5, 0.6) is 0 Å². The van der Waals surface area contributed by atoms with Gasteiger partial charge in [0.15, 0.2) is 0 Å². The molecule has 0 atom stereocenters. The van der Waals surface area contributed by atoms with Crippen LogP contribution in [-0.4, -0.2) is 85.9 Å². The molecule has 2 amide bonds. The van der Waals surface area contributed by atoms with E-state index in [-0.39, 0.29) is 11.8 Å². The molecule has 6 nitrogen and oxygen atoms in total. The Kier molecular flexibility index (Phi) is 5.99. The average Bonchev–Trinajstić information content (AvgIpc) is 2.48. The topological polar surface area (TPSA) is 55.9 Å². The van der Waals surface area contributed by atoms with Crippen LogP contribution in [0.3, 0.4) is 0 Å². The number of nitrogens with one attached hydrogen (secondary N) is 1. The fraction of sp³-hybridized carbons (Fsp3) is 0.867. The SMILES string of the molecule is CC1CCN(C(=O)CN(C)CC(=O)N2CCNCC2)CC1. The van der Waals surface area contributed by atoms with E-state index in [4.69, 9.17) is 0 Å². The maximum atomic E-state index is 12.2. The van der Waals surface area contributed by atoms with Crippen LogP contribution in [0.25, 0.3) is 0 Å². The zero-order valence-electron chi connectivity index (χ0n) is 13.3. The number of likely N-dealkylation sites (N-methyl/N-ethyl adjacent to an activating group) is 1. The third kappa shape index (κ3) is 4.97. The molecule has 2 aliphatic heterocycles. The molecule has 0 radical (unpaired) electrons. The van der Waals surface area contributed by atoms with E-state index >= 15 is 0 Å². The monoisotopic (exact) mass is 296 g/mol. The van der Waals surface area contributed by atoms with Crippen molar-refractivity contribution in [2.45, 2.75) is 19.8 Å². The molecule has 0 aliphatic carbocycles. The van der Waals surface area contributed by atoms with Crippen molar-refractivity contribution < 1.29 is 9.59 Å². The van der Waals surface area contributed by atoms with Crippen LogP contribution in [-0.2, 0) is 9.59 Å². The van der Waals surface area contributed by atoms with Gasteiger partial charge in [0.05, 0.1) is 13.1 Å². The van der Waals surface area contributed by atoms with Gasteiger partial charge >= 0.3 is 0 Å². The highest BCUT2D eigenvalue weighted by atomic mass is 16.2. The maximum absolute atomic E-state index is 12.2. The lowest BCUT2D eigenvalue weighted by Gasteiger charge is -2.32. The molecule has 0 aromatic rings. The number of carbonyl (C=O) groups is 2. The maximum Gasteiger partial charge on any atom is 0.236 e. The number of rotatable bonds is 4. The van der Waals surface area contributed by atoms with Crippen molar-refractivity contribution in [3.8, 4) is 0 Å². The van der Waals surface area contributed by atoms with Gasteiger partial charge < -0.3 is 15.1 Å². The van der Waals surface area contributed by atoms with Crippen molar-refractivity contribution in [2.24, 2.45) is 5.92 Å². The summed E-state index contributed by atoms with van der Waals surface area (Å²) in [6.45, 7) is 7.89. The predicted molar refractivity (Wildman–Crippen MR) is 81.9 cm³/mol. The molecule has 2 heterocycles. The Hall–Kier alpha value is -1.14. The van der Waals surface area contributed by atoms with Crippen LogP contribution in [0.1, 0.15) is 19.8 Å². The highest BCUT2D eigenvalue weighted by Gasteiger charge is 2.23. The highest BCUT2D eigenvalue weighted by Crippen LogP contribution is 2.15. The first-order chi connectivity index (χ1) is 10.1. The second-order valence-corrected chi connectivity index (χ2v) is 6.37. The first kappa shape index (κ1) is 16.2. The fourth-order valence-electron chi connectivity index (χ4n) is 2.89. The number of amides is 2. The minimum Gasteiger partial charge on any atom is -0.342 e. The van der Waals surface area contributed by atoms with Gasteiger partial charge in [0.1, 0.15) is 0 Å². The van der Waals surface area contributed by atoms with Gasteiger partial charge in [-0.15, -0.1) is 0 Å². The number of likely N-dealkylation sites (tertiary alicyclic amines) is 1. The minimum absolute atomic E-state index is 0.124. The van der Waals surface area contributed by atoms with E-state index in [1.54, 1.807) is 0 Å². The zero-order chi connectivity index (χ0) is 15.2. The van der Waals surface area contributed by atoms with E-state index in [9.17, 15) is 9.59 Å². The van der Waals surface area contributed by atoms with Crippen molar-refractivity contribution in [1.29, 1.82) is 0 Å². The molecule has 2 fully saturated rings. The van der Waals surface area contributed by atoms with E-state index in [1.807, 2.05) is 21.7 Å². The van der Waals surface area contributed by atoms with Crippen LogP contribution in [0.4, 0.5) is 0 Å². The normalized spacial score (nSPS) is 20.9. The van der Waals surface area contributed by atoms with Crippen molar-refractivity contribution in [3.05, 3.63) is 0 Å². The first-order valence-electron chi connectivity index (χ1n) is 8.01. The summed E-state index contributed by atoms with van der Waals surface area (Å²) in [4.78, 5) is 30.0. The Morgan fingerprint density at radius 2 is 1.48 bits per heavy atom. The molecule has 2 saturated heterocycles. The van der Waals surface area contributed by atoms with E-state index in [0.29, 0.717) is 13.1 Å². The van der Waals surface area contributed by atoms with Gasteiger partial charge in [0.25, 0.3) is 0 Å². The van der Waals surface area contributed by atoms with Gasteiger partial charge in [-0.2, -0.15) is 0 Å². The second kappa shape index (κ2) is 7.75. The molecule has 1 N–H and O–H groups in total. The Bertz CT molecular complexity index is 361. The number of nitrogens with zero attached hydrogens (tertiary/aromatic N) is 3. The van der Waals surface area contributed by atoms with E-state index < -0.39 is 0 Å². The number of hydrogen-bond donors (Lipinski definition) is 1. The molecule has 0 aromatic heterocycles. The molecule has 2 rings (SSSR count). The highest BCUT2D eigenvalue weighted by molar-refractivity contribution is 5.81. The average molecular weight is 296 g/mol. The molecule has 0 saturated carbocycles. The predicted octanol–water partition coefficient (Wildman–Crippen LogP) is -0.391. The van der Waals surface area contributed by atoms with Crippen LogP contribution in [0, 0.1) is 5.92 Å². The molecule has 21 heavy (non-hydrogen) atoms. The molecule has 6 heteroatoms. The molecule has 0 unspecified atom stereocenters. The summed E-state index contributed by atoms with van der Waals surface area (Å²) in [5.74, 6) is 0.998. The number of carbonyl (C=O) groups excluding carboxylic acids is 2. The van der Waals surface area contributed by atoms with Gasteiger partial charge in [0, 0.05) is 39.3 Å². The first-order valence-corrected chi connectivity index (χ1v) is 8.01. The molecule has 120 valence electrons. The Labute approximate surface area is 127 Å². The van der Waals surface area contributed by atoms with Crippen molar-refractivity contribution in [1.82, 2.24) is 20.0 Å². The van der Waals surface area contributed by atoms with Gasteiger partial charge in [0.2, 0.25) is 11.8 Å². The molecular weight excluding hydrogens is 268 g/mol. The molecule has 0 aromatic carbocycles. The van der Waals surface area contributed by atoms with E-state index in [0.717, 1.165) is 58.0 Å². The summed E-state index contributed by atoms with van der Waals surface area (Å²) in [7, 11) is 1.85. The van der Waals surface area contributed by atoms with Crippen LogP contribution >= 0.6 is 0 Å². The third-order valence-corrected chi connectivity index (χ3v) is 4.42. The fourth-order valence-corrected chi connectivity index (χ4v) is 2.89. The summed E-state index contributed by atoms with van der Waals surface area (Å²) in [5, 5.41) is 3.23. The quantitative estimate of drug-likeness (QED) is 0.768. The zero-order valence-corrected chi connectivity index (χ0v) is 13.3. The summed E-state index contributed by atoms with van der Waals surface area (Å²) in [6.07, 6.45) is 2.18. The Balaban J connectivity index is 1.71. The number of piperazine rings is 1. The molecule has 0 spiro atoms. The molecule has 2 aliphatic rings. The van der Waals surface area contributed by atoms with Gasteiger partial charge in [-0.1, -0.05) is 6.92 Å². The van der Waals surface area contributed by atoms with Crippen LogP contribution in [0.2, 0.25) is 0 Å². The second-order valence-electron chi connectivity index (χ2n) is 6.37. The van der Waals surface area contributed by atoms with Crippen molar-refractivity contribution in [3.63, 3.8) is 0 Å². The van der Waals surface area contributed by atoms with Crippen molar-refractivity contribution >= 4 is 11.8 Å². The number of hydrogen-bond acceptors (Lipinski definition) is 4. The van der Waals surface area contributed by atoms with Crippen molar-refractivity contribution in [2.75, 3.05) is 59.4 Å². The van der Waals surface area contributed by atoms with Crippen LogP contribution in [0.15, 0.2) is 0 Å². The Morgan fingerprint density at radius 3 is 2.00 bits per heavy atom. The standard InChI is InChI=1S/C15H28N4O2/c1-13-3-7-18(8-4-13)14(20)11-17(2)12-15(21)19-9-5-16-6-10-19/h13,16H,3-12H2,1-2H3. The van der Waals surface area contributed by atoms with Gasteiger partial charge in [-0.3, -0.25) is 14.5 Å². The summed E-state index contributed by atoms with van der Waals surface area (Å²) < 4.78 is 0. The lowest BCUT2D eigenvalue weighted by Crippen LogP contribution is -2.50. The number of piperidine rings is 1. The summed E-state index contributed by atoms with van der Waals surface area (Å²) in [5.41, 5.74) is 0.